The maximum Gasteiger partial charge on any atom is 0.319 e. The lowest BCUT2D eigenvalue weighted by Gasteiger charge is -2.09. The number of hydrogen-bond donors (Lipinski definition) is 3. The standard InChI is InChI=1S/C19H15F2N3O3/c20-16-8-3-12(10-17(16)21)18(25)23-13-4-6-14(7-5-13)24-19(26)22-11-15-2-1-9-27-15/h1-10H,11H2,(H,23,25)(H2,22,24,26). The molecule has 0 saturated heterocycles. The average Bonchev–Trinajstić information content (AvgIpc) is 3.17. The molecule has 0 atom stereocenters. The molecule has 0 aliphatic rings. The fraction of sp³-hybridized carbons (Fsp3) is 0.0526. The monoisotopic (exact) mass is 371 g/mol. The van der Waals surface area contributed by atoms with Gasteiger partial charge in [-0.1, -0.05) is 0 Å². The van der Waals surface area contributed by atoms with Crippen molar-refractivity contribution in [3.8, 4) is 0 Å². The number of urea groups is 1. The van der Waals surface area contributed by atoms with Crippen molar-refractivity contribution in [3.63, 3.8) is 0 Å². The minimum Gasteiger partial charge on any atom is -0.467 e. The largest absolute Gasteiger partial charge is 0.467 e. The molecule has 3 N–H and O–H groups in total. The molecule has 0 aliphatic carbocycles. The van der Waals surface area contributed by atoms with Crippen LogP contribution in [0.25, 0.3) is 0 Å². The van der Waals surface area contributed by atoms with Gasteiger partial charge in [-0.2, -0.15) is 0 Å². The third kappa shape index (κ3) is 4.91. The zero-order valence-electron chi connectivity index (χ0n) is 14.0. The number of furan rings is 1. The molecule has 0 aliphatic heterocycles. The van der Waals surface area contributed by atoms with Gasteiger partial charge in [0.1, 0.15) is 5.76 Å². The summed E-state index contributed by atoms with van der Waals surface area (Å²) in [6, 6.07) is 12.3. The normalized spacial score (nSPS) is 10.3. The van der Waals surface area contributed by atoms with E-state index in [1.54, 1.807) is 36.4 Å². The summed E-state index contributed by atoms with van der Waals surface area (Å²) in [5.74, 6) is -2.07. The molecule has 2 aromatic carbocycles. The smallest absolute Gasteiger partial charge is 0.319 e. The fourth-order valence-electron chi connectivity index (χ4n) is 2.23. The molecule has 1 aromatic heterocycles. The second kappa shape index (κ2) is 8.13. The number of hydrogen-bond acceptors (Lipinski definition) is 3. The van der Waals surface area contributed by atoms with Gasteiger partial charge < -0.3 is 20.4 Å². The summed E-state index contributed by atoms with van der Waals surface area (Å²) >= 11 is 0. The van der Waals surface area contributed by atoms with Crippen molar-refractivity contribution in [2.45, 2.75) is 6.54 Å². The highest BCUT2D eigenvalue weighted by Gasteiger charge is 2.10. The molecule has 8 heteroatoms. The van der Waals surface area contributed by atoms with Gasteiger partial charge in [-0.25, -0.2) is 13.6 Å². The Hall–Kier alpha value is -3.68. The van der Waals surface area contributed by atoms with Crippen LogP contribution >= 0.6 is 0 Å². The molecule has 0 bridgehead atoms. The van der Waals surface area contributed by atoms with E-state index in [4.69, 9.17) is 4.42 Å². The number of anilines is 2. The molecule has 0 spiro atoms. The van der Waals surface area contributed by atoms with Gasteiger partial charge in [-0.05, 0) is 54.6 Å². The van der Waals surface area contributed by atoms with Crippen LogP contribution in [-0.2, 0) is 6.54 Å². The molecule has 6 nitrogen and oxygen atoms in total. The van der Waals surface area contributed by atoms with Crippen LogP contribution in [0.2, 0.25) is 0 Å². The van der Waals surface area contributed by atoms with Crippen molar-refractivity contribution in [1.29, 1.82) is 0 Å². The summed E-state index contributed by atoms with van der Waals surface area (Å²) in [5.41, 5.74) is 0.942. The molecule has 3 aromatic rings. The molecule has 0 fully saturated rings. The van der Waals surface area contributed by atoms with Crippen LogP contribution in [0.1, 0.15) is 16.1 Å². The van der Waals surface area contributed by atoms with Crippen LogP contribution < -0.4 is 16.0 Å². The lowest BCUT2D eigenvalue weighted by molar-refractivity contribution is 0.102. The predicted octanol–water partition coefficient (Wildman–Crippen LogP) is 4.13. The van der Waals surface area contributed by atoms with Gasteiger partial charge in [0.05, 0.1) is 12.8 Å². The van der Waals surface area contributed by atoms with Gasteiger partial charge in [0.2, 0.25) is 0 Å². The highest BCUT2D eigenvalue weighted by atomic mass is 19.2. The zero-order chi connectivity index (χ0) is 19.2. The molecule has 0 unspecified atom stereocenters. The maximum atomic E-state index is 13.2. The van der Waals surface area contributed by atoms with E-state index >= 15 is 0 Å². The lowest BCUT2D eigenvalue weighted by Crippen LogP contribution is -2.27. The van der Waals surface area contributed by atoms with Crippen LogP contribution in [0.3, 0.4) is 0 Å². The summed E-state index contributed by atoms with van der Waals surface area (Å²) in [6.45, 7) is 0.251. The average molecular weight is 371 g/mol. The topological polar surface area (TPSA) is 83.4 Å². The van der Waals surface area contributed by atoms with Crippen molar-refractivity contribution in [2.75, 3.05) is 10.6 Å². The molecule has 3 amide bonds. The first-order valence-electron chi connectivity index (χ1n) is 7.95. The van der Waals surface area contributed by atoms with Crippen molar-refractivity contribution in [2.24, 2.45) is 0 Å². The Labute approximate surface area is 153 Å². The highest BCUT2D eigenvalue weighted by molar-refractivity contribution is 6.04. The van der Waals surface area contributed by atoms with E-state index in [-0.39, 0.29) is 12.1 Å². The molecular weight excluding hydrogens is 356 g/mol. The number of amides is 3. The van der Waals surface area contributed by atoms with E-state index in [0.717, 1.165) is 12.1 Å². The summed E-state index contributed by atoms with van der Waals surface area (Å²) in [6.07, 6.45) is 1.52. The van der Waals surface area contributed by atoms with E-state index in [1.165, 1.54) is 12.3 Å². The number of carbonyl (C=O) groups is 2. The van der Waals surface area contributed by atoms with Gasteiger partial charge in [0, 0.05) is 16.9 Å². The SMILES string of the molecule is O=C(NCc1ccco1)Nc1ccc(NC(=O)c2ccc(F)c(F)c2)cc1. The van der Waals surface area contributed by atoms with Crippen molar-refractivity contribution in [1.82, 2.24) is 5.32 Å². The molecule has 138 valence electrons. The first-order chi connectivity index (χ1) is 13.0. The summed E-state index contributed by atoms with van der Waals surface area (Å²) < 4.78 is 31.2. The predicted molar refractivity (Wildman–Crippen MR) is 95.3 cm³/mol. The maximum absolute atomic E-state index is 13.2. The van der Waals surface area contributed by atoms with E-state index in [2.05, 4.69) is 16.0 Å². The second-order valence-corrected chi connectivity index (χ2v) is 5.55. The van der Waals surface area contributed by atoms with Crippen molar-refractivity contribution in [3.05, 3.63) is 83.8 Å². The zero-order valence-corrected chi connectivity index (χ0v) is 14.0. The third-order valence-electron chi connectivity index (χ3n) is 3.59. The quantitative estimate of drug-likeness (QED) is 0.631. The van der Waals surface area contributed by atoms with Crippen LogP contribution in [0.4, 0.5) is 25.0 Å². The Kier molecular flexibility index (Phi) is 5.46. The molecule has 1 heterocycles. The molecule has 3 rings (SSSR count). The van der Waals surface area contributed by atoms with Crippen LogP contribution in [0, 0.1) is 11.6 Å². The van der Waals surface area contributed by atoms with Crippen molar-refractivity contribution < 1.29 is 22.8 Å². The van der Waals surface area contributed by atoms with Crippen LogP contribution in [-0.4, -0.2) is 11.9 Å². The molecule has 27 heavy (non-hydrogen) atoms. The number of carbonyl (C=O) groups excluding carboxylic acids is 2. The Morgan fingerprint density at radius 1 is 0.889 bits per heavy atom. The van der Waals surface area contributed by atoms with Crippen molar-refractivity contribution >= 4 is 23.3 Å². The number of benzene rings is 2. The van der Waals surface area contributed by atoms with E-state index < -0.39 is 23.6 Å². The Morgan fingerprint density at radius 2 is 1.59 bits per heavy atom. The summed E-state index contributed by atoms with van der Waals surface area (Å²) in [4.78, 5) is 23.9. The minimum absolute atomic E-state index is 0.00611. The molecule has 0 saturated carbocycles. The fourth-order valence-corrected chi connectivity index (χ4v) is 2.23. The van der Waals surface area contributed by atoms with Gasteiger partial charge in [0.25, 0.3) is 5.91 Å². The second-order valence-electron chi connectivity index (χ2n) is 5.55. The first kappa shape index (κ1) is 18.1. The molecule has 0 radical (unpaired) electrons. The lowest BCUT2D eigenvalue weighted by atomic mass is 10.2. The summed E-state index contributed by atoms with van der Waals surface area (Å²) in [5, 5.41) is 7.83. The van der Waals surface area contributed by atoms with Crippen LogP contribution in [0.5, 0.6) is 0 Å². The summed E-state index contributed by atoms with van der Waals surface area (Å²) in [7, 11) is 0. The van der Waals surface area contributed by atoms with Gasteiger partial charge in [0.15, 0.2) is 11.6 Å². The van der Waals surface area contributed by atoms with E-state index in [9.17, 15) is 18.4 Å². The molecular formula is C19H15F2N3O3. The van der Waals surface area contributed by atoms with Gasteiger partial charge in [-0.15, -0.1) is 0 Å². The van der Waals surface area contributed by atoms with E-state index in [1.807, 2.05) is 0 Å². The number of halogens is 2. The first-order valence-corrected chi connectivity index (χ1v) is 7.95. The Balaban J connectivity index is 1.54. The van der Waals surface area contributed by atoms with E-state index in [0.29, 0.717) is 17.1 Å². The number of rotatable bonds is 5. The highest BCUT2D eigenvalue weighted by Crippen LogP contribution is 2.16. The Morgan fingerprint density at radius 3 is 2.22 bits per heavy atom. The van der Waals surface area contributed by atoms with Crippen LogP contribution in [0.15, 0.2) is 65.3 Å². The Bertz CT molecular complexity index is 941. The minimum atomic E-state index is -1.09. The number of nitrogens with one attached hydrogen (secondary N) is 3. The van der Waals surface area contributed by atoms with Gasteiger partial charge >= 0.3 is 6.03 Å². The third-order valence-corrected chi connectivity index (χ3v) is 3.59. The van der Waals surface area contributed by atoms with Gasteiger partial charge in [-0.3, -0.25) is 4.79 Å².